The topological polar surface area (TPSA) is 88.4 Å². The van der Waals surface area contributed by atoms with Crippen LogP contribution in [0.25, 0.3) is 11.0 Å². The van der Waals surface area contributed by atoms with Crippen molar-refractivity contribution in [2.45, 2.75) is 58.5 Å². The van der Waals surface area contributed by atoms with Gasteiger partial charge in [0, 0.05) is 17.0 Å². The van der Waals surface area contributed by atoms with Gasteiger partial charge in [-0.25, -0.2) is 13.1 Å². The second kappa shape index (κ2) is 8.02. The Kier molecular flexibility index (Phi) is 5.91. The maximum absolute atomic E-state index is 12.3. The number of hydrogen-bond donors (Lipinski definition) is 2. The highest BCUT2D eigenvalue weighted by molar-refractivity contribution is 7.90. The molecule has 1 amide bonds. The van der Waals surface area contributed by atoms with Crippen molar-refractivity contribution in [3.63, 3.8) is 0 Å². The summed E-state index contributed by atoms with van der Waals surface area (Å²) in [4.78, 5) is 12.3. The number of carbonyl (C=O) groups excluding carboxylic acids is 1. The third kappa shape index (κ3) is 4.90. The molecule has 6 nitrogen and oxygen atoms in total. The van der Waals surface area contributed by atoms with Gasteiger partial charge in [0.1, 0.15) is 17.1 Å². The van der Waals surface area contributed by atoms with E-state index >= 15 is 0 Å². The maximum Gasteiger partial charge on any atom is 0.237 e. The van der Waals surface area contributed by atoms with Crippen molar-refractivity contribution in [2.75, 3.05) is 5.75 Å². The first-order valence-corrected chi connectivity index (χ1v) is 11.2. The summed E-state index contributed by atoms with van der Waals surface area (Å²) in [6.45, 7) is 5.91. The molecule has 2 N–H and O–H groups in total. The van der Waals surface area contributed by atoms with Gasteiger partial charge >= 0.3 is 0 Å². The number of amides is 1. The molecule has 3 rings (SSSR count). The van der Waals surface area contributed by atoms with E-state index in [1.807, 2.05) is 31.2 Å². The molecule has 1 heterocycles. The van der Waals surface area contributed by atoms with E-state index in [9.17, 15) is 13.2 Å². The van der Waals surface area contributed by atoms with Gasteiger partial charge in [0.15, 0.2) is 0 Å². The van der Waals surface area contributed by atoms with Crippen molar-refractivity contribution >= 4 is 26.9 Å². The zero-order chi connectivity index (χ0) is 19.6. The number of fused-ring (bicyclic) bond motifs is 1. The van der Waals surface area contributed by atoms with E-state index in [2.05, 4.69) is 17.0 Å². The first-order valence-electron chi connectivity index (χ1n) is 9.52. The maximum atomic E-state index is 12.3. The largest absolute Gasteiger partial charge is 0.459 e. The monoisotopic (exact) mass is 392 g/mol. The molecule has 0 bridgehead atoms. The molecule has 0 saturated heterocycles. The van der Waals surface area contributed by atoms with Crippen LogP contribution in [0, 0.1) is 12.8 Å². The van der Waals surface area contributed by atoms with Crippen LogP contribution in [0.3, 0.4) is 0 Å². The first kappa shape index (κ1) is 19.9. The summed E-state index contributed by atoms with van der Waals surface area (Å²) in [5, 5.41) is 3.74. The van der Waals surface area contributed by atoms with Gasteiger partial charge < -0.3 is 9.73 Å². The average molecular weight is 393 g/mol. The second-order valence-electron chi connectivity index (χ2n) is 7.71. The number of nitrogens with one attached hydrogen (secondary N) is 2. The fourth-order valence-corrected chi connectivity index (χ4v) is 5.06. The number of furan rings is 1. The van der Waals surface area contributed by atoms with E-state index in [-0.39, 0.29) is 6.04 Å². The minimum absolute atomic E-state index is 0.0611. The Bertz CT molecular complexity index is 911. The zero-order valence-electron chi connectivity index (χ0n) is 16.1. The molecular formula is C20H28N2O4S. The Morgan fingerprint density at radius 3 is 2.56 bits per heavy atom. The standard InChI is InChI=1S/C20H28N2O4S/c1-13-8-10-16(11-9-13)22-27(24,25)12-19(23)21-15(3)20-14(2)17-6-4-5-7-18(17)26-20/h4-7,13,15-16,22H,8-12H2,1-3H3,(H,21,23). The highest BCUT2D eigenvalue weighted by Gasteiger charge is 2.26. The Morgan fingerprint density at radius 1 is 1.22 bits per heavy atom. The number of rotatable bonds is 6. The lowest BCUT2D eigenvalue weighted by molar-refractivity contribution is -0.119. The molecular weight excluding hydrogens is 364 g/mol. The van der Waals surface area contributed by atoms with Crippen LogP contribution in [-0.2, 0) is 14.8 Å². The summed E-state index contributed by atoms with van der Waals surface area (Å²) < 4.78 is 33.2. The molecule has 1 aromatic heterocycles. The summed E-state index contributed by atoms with van der Waals surface area (Å²) in [6.07, 6.45) is 3.69. The molecule has 1 unspecified atom stereocenters. The van der Waals surface area contributed by atoms with Crippen molar-refractivity contribution in [1.82, 2.24) is 10.0 Å². The summed E-state index contributed by atoms with van der Waals surface area (Å²) in [5.74, 6) is 0.194. The molecule has 1 saturated carbocycles. The van der Waals surface area contributed by atoms with Crippen LogP contribution in [0.5, 0.6) is 0 Å². The molecule has 1 atom stereocenters. The van der Waals surface area contributed by atoms with Crippen LogP contribution in [-0.4, -0.2) is 26.1 Å². The number of hydrogen-bond acceptors (Lipinski definition) is 4. The molecule has 7 heteroatoms. The fourth-order valence-electron chi connectivity index (χ4n) is 3.80. The molecule has 0 aliphatic heterocycles. The van der Waals surface area contributed by atoms with E-state index in [1.165, 1.54) is 0 Å². The Labute approximate surface area is 160 Å². The summed E-state index contributed by atoms with van der Waals surface area (Å²) >= 11 is 0. The van der Waals surface area contributed by atoms with Crippen molar-refractivity contribution in [2.24, 2.45) is 5.92 Å². The quantitative estimate of drug-likeness (QED) is 0.788. The van der Waals surface area contributed by atoms with Crippen LogP contribution in [0.15, 0.2) is 28.7 Å². The van der Waals surface area contributed by atoms with Gasteiger partial charge in [0.05, 0.1) is 6.04 Å². The van der Waals surface area contributed by atoms with Crippen molar-refractivity contribution in [3.05, 3.63) is 35.6 Å². The molecule has 148 valence electrons. The van der Waals surface area contributed by atoms with Crippen LogP contribution >= 0.6 is 0 Å². The van der Waals surface area contributed by atoms with E-state index in [1.54, 1.807) is 6.92 Å². The predicted molar refractivity (Wildman–Crippen MR) is 106 cm³/mol. The fraction of sp³-hybridized carbons (Fsp3) is 0.550. The Hall–Kier alpha value is -1.86. The third-order valence-electron chi connectivity index (χ3n) is 5.33. The smallest absolute Gasteiger partial charge is 0.237 e. The van der Waals surface area contributed by atoms with Gasteiger partial charge in [-0.3, -0.25) is 4.79 Å². The number of sulfonamides is 1. The molecule has 1 aliphatic carbocycles. The van der Waals surface area contributed by atoms with Gasteiger partial charge in [0.25, 0.3) is 0 Å². The number of aryl methyl sites for hydroxylation is 1. The highest BCUT2D eigenvalue weighted by atomic mass is 32.2. The minimum Gasteiger partial charge on any atom is -0.459 e. The van der Waals surface area contributed by atoms with Gasteiger partial charge in [-0.05, 0) is 51.5 Å². The highest BCUT2D eigenvalue weighted by Crippen LogP contribution is 2.29. The number of para-hydroxylation sites is 1. The van der Waals surface area contributed by atoms with Crippen molar-refractivity contribution in [1.29, 1.82) is 0 Å². The van der Waals surface area contributed by atoms with Gasteiger partial charge in [0.2, 0.25) is 15.9 Å². The lowest BCUT2D eigenvalue weighted by atomic mass is 9.88. The summed E-state index contributed by atoms with van der Waals surface area (Å²) in [7, 11) is -3.65. The van der Waals surface area contributed by atoms with E-state index in [0.717, 1.165) is 42.2 Å². The first-order chi connectivity index (χ1) is 12.7. The van der Waals surface area contributed by atoms with E-state index in [4.69, 9.17) is 4.42 Å². The van der Waals surface area contributed by atoms with E-state index < -0.39 is 27.7 Å². The van der Waals surface area contributed by atoms with Crippen molar-refractivity contribution < 1.29 is 17.6 Å². The molecule has 2 aromatic rings. The van der Waals surface area contributed by atoms with Crippen molar-refractivity contribution in [3.8, 4) is 0 Å². The molecule has 1 aromatic carbocycles. The number of carbonyl (C=O) groups is 1. The van der Waals surface area contributed by atoms with Crippen LogP contribution < -0.4 is 10.0 Å². The van der Waals surface area contributed by atoms with Crippen LogP contribution in [0.1, 0.15) is 56.9 Å². The Balaban J connectivity index is 1.59. The normalized spacial score (nSPS) is 21.9. The minimum atomic E-state index is -3.65. The van der Waals surface area contributed by atoms with Gasteiger partial charge in [-0.1, -0.05) is 25.1 Å². The van der Waals surface area contributed by atoms with Crippen LogP contribution in [0.4, 0.5) is 0 Å². The average Bonchev–Trinajstić information content (AvgIpc) is 2.93. The molecule has 27 heavy (non-hydrogen) atoms. The molecule has 1 fully saturated rings. The predicted octanol–water partition coefficient (Wildman–Crippen LogP) is 3.42. The molecule has 0 radical (unpaired) electrons. The van der Waals surface area contributed by atoms with E-state index in [0.29, 0.717) is 11.7 Å². The summed E-state index contributed by atoms with van der Waals surface area (Å²) in [5.41, 5.74) is 1.71. The molecule has 1 aliphatic rings. The van der Waals surface area contributed by atoms with Gasteiger partial charge in [-0.2, -0.15) is 0 Å². The third-order valence-corrected chi connectivity index (χ3v) is 6.67. The SMILES string of the molecule is Cc1c(C(C)NC(=O)CS(=O)(=O)NC2CCC(C)CC2)oc2ccccc12. The lowest BCUT2D eigenvalue weighted by Gasteiger charge is -2.26. The molecule has 0 spiro atoms. The van der Waals surface area contributed by atoms with Gasteiger partial charge in [-0.15, -0.1) is 0 Å². The Morgan fingerprint density at radius 2 is 1.89 bits per heavy atom. The zero-order valence-corrected chi connectivity index (χ0v) is 16.9. The van der Waals surface area contributed by atoms with Crippen LogP contribution in [0.2, 0.25) is 0 Å². The summed E-state index contributed by atoms with van der Waals surface area (Å²) in [6, 6.07) is 7.19. The second-order valence-corrected chi connectivity index (χ2v) is 9.46. The lowest BCUT2D eigenvalue weighted by Crippen LogP contribution is -2.42. The number of benzene rings is 1.